The quantitative estimate of drug-likeness (QED) is 0.542. The van der Waals surface area contributed by atoms with Crippen molar-refractivity contribution in [1.82, 2.24) is 0 Å². The normalized spacial score (nSPS) is 10.9. The average Bonchev–Trinajstić information content (AvgIpc) is 2.55. The summed E-state index contributed by atoms with van der Waals surface area (Å²) in [7, 11) is 0. The molecule has 0 bridgehead atoms. The van der Waals surface area contributed by atoms with Crippen LogP contribution >= 0.6 is 0 Å². The largest absolute Gasteiger partial charge is 0.399 e. The number of hydrogen-bond acceptors (Lipinski definition) is 2. The number of rotatable bonds is 3. The lowest BCUT2D eigenvalue weighted by molar-refractivity contribution is 1.58. The van der Waals surface area contributed by atoms with Gasteiger partial charge in [-0.1, -0.05) is 72.8 Å². The average molecular weight is 286 g/mol. The summed E-state index contributed by atoms with van der Waals surface area (Å²) in [6.45, 7) is 0. The molecule has 0 aliphatic carbocycles. The van der Waals surface area contributed by atoms with E-state index in [1.165, 1.54) is 0 Å². The monoisotopic (exact) mass is 286 g/mol. The van der Waals surface area contributed by atoms with Crippen LogP contribution in [0.1, 0.15) is 11.1 Å². The Labute approximate surface area is 130 Å². The Bertz CT molecular complexity index is 791. The minimum Gasteiger partial charge on any atom is -0.399 e. The van der Waals surface area contributed by atoms with Crippen LogP contribution in [-0.4, -0.2) is 0 Å². The fourth-order valence-corrected chi connectivity index (χ4v) is 2.49. The van der Waals surface area contributed by atoms with Gasteiger partial charge in [0.1, 0.15) is 0 Å². The summed E-state index contributed by atoms with van der Waals surface area (Å²) in [5.74, 6) is 0. The molecule has 0 saturated carbocycles. The minimum atomic E-state index is 0.674. The third-order valence-electron chi connectivity index (χ3n) is 3.56. The molecule has 0 aromatic heterocycles. The first-order valence-corrected chi connectivity index (χ1v) is 7.21. The molecule has 0 aliphatic heterocycles. The van der Waals surface area contributed by atoms with Crippen molar-refractivity contribution in [3.63, 3.8) is 0 Å². The molecule has 0 fully saturated rings. The van der Waals surface area contributed by atoms with Crippen molar-refractivity contribution in [3.05, 3.63) is 83.9 Å². The maximum Gasteiger partial charge on any atom is 0.0414 e. The Morgan fingerprint density at radius 2 is 1.32 bits per heavy atom. The van der Waals surface area contributed by atoms with Crippen LogP contribution in [0, 0.1) is 0 Å². The van der Waals surface area contributed by atoms with Gasteiger partial charge < -0.3 is 11.5 Å². The van der Waals surface area contributed by atoms with E-state index in [9.17, 15) is 0 Å². The molecular formula is C20H18N2. The van der Waals surface area contributed by atoms with Crippen molar-refractivity contribution >= 4 is 23.5 Å². The highest BCUT2D eigenvalue weighted by atomic mass is 14.6. The Morgan fingerprint density at radius 1 is 0.682 bits per heavy atom. The van der Waals surface area contributed by atoms with Gasteiger partial charge in [-0.25, -0.2) is 0 Å². The second-order valence-corrected chi connectivity index (χ2v) is 5.18. The van der Waals surface area contributed by atoms with Crippen molar-refractivity contribution in [1.29, 1.82) is 0 Å². The summed E-state index contributed by atoms with van der Waals surface area (Å²) in [6, 6.07) is 24.1. The zero-order valence-electron chi connectivity index (χ0n) is 12.2. The highest BCUT2D eigenvalue weighted by Gasteiger charge is 2.07. The molecule has 3 rings (SSSR count). The fourth-order valence-electron chi connectivity index (χ4n) is 2.49. The van der Waals surface area contributed by atoms with Crippen molar-refractivity contribution < 1.29 is 0 Å². The highest BCUT2D eigenvalue weighted by Crippen LogP contribution is 2.32. The molecule has 2 heteroatoms. The van der Waals surface area contributed by atoms with Crippen LogP contribution in [0.3, 0.4) is 0 Å². The molecule has 4 N–H and O–H groups in total. The first kappa shape index (κ1) is 14.0. The predicted octanol–water partition coefficient (Wildman–Crippen LogP) is 4.69. The molecule has 3 aromatic rings. The fraction of sp³-hybridized carbons (Fsp3) is 0. The lowest BCUT2D eigenvalue weighted by Gasteiger charge is -2.11. The molecule has 0 aliphatic rings. The van der Waals surface area contributed by atoms with Crippen molar-refractivity contribution in [2.24, 2.45) is 0 Å². The van der Waals surface area contributed by atoms with Gasteiger partial charge in [-0.05, 0) is 28.8 Å². The van der Waals surface area contributed by atoms with E-state index in [1.807, 2.05) is 48.5 Å². The molecular weight excluding hydrogens is 268 g/mol. The van der Waals surface area contributed by atoms with Gasteiger partial charge in [-0.3, -0.25) is 0 Å². The van der Waals surface area contributed by atoms with Crippen LogP contribution in [0.2, 0.25) is 0 Å². The number of anilines is 2. The smallest absolute Gasteiger partial charge is 0.0414 e. The molecule has 0 unspecified atom stereocenters. The third kappa shape index (κ3) is 3.01. The number of nitrogen functional groups attached to an aromatic ring is 2. The van der Waals surface area contributed by atoms with Gasteiger partial charge in [0.15, 0.2) is 0 Å². The molecule has 0 saturated heterocycles. The predicted molar refractivity (Wildman–Crippen MR) is 96.1 cm³/mol. The van der Waals surface area contributed by atoms with Gasteiger partial charge in [0, 0.05) is 16.9 Å². The van der Waals surface area contributed by atoms with E-state index in [0.717, 1.165) is 22.3 Å². The summed E-state index contributed by atoms with van der Waals surface area (Å²) in [4.78, 5) is 0. The Morgan fingerprint density at radius 3 is 2.00 bits per heavy atom. The van der Waals surface area contributed by atoms with Gasteiger partial charge in [0.2, 0.25) is 0 Å². The first-order valence-electron chi connectivity index (χ1n) is 7.21. The summed E-state index contributed by atoms with van der Waals surface area (Å²) < 4.78 is 0. The van der Waals surface area contributed by atoms with Gasteiger partial charge in [0.05, 0.1) is 0 Å². The molecule has 0 heterocycles. The molecule has 108 valence electrons. The Hall–Kier alpha value is -3.00. The molecule has 0 amide bonds. The second kappa shape index (κ2) is 6.19. The number of benzene rings is 3. The van der Waals surface area contributed by atoms with Crippen LogP contribution in [0.4, 0.5) is 11.4 Å². The lowest BCUT2D eigenvalue weighted by atomic mass is 9.96. The van der Waals surface area contributed by atoms with Crippen molar-refractivity contribution in [3.8, 4) is 11.1 Å². The Balaban J connectivity index is 2.09. The maximum absolute atomic E-state index is 6.19. The summed E-state index contributed by atoms with van der Waals surface area (Å²) in [6.07, 6.45) is 4.11. The third-order valence-corrected chi connectivity index (χ3v) is 3.56. The molecule has 3 aromatic carbocycles. The van der Waals surface area contributed by atoms with E-state index >= 15 is 0 Å². The Kier molecular flexibility index (Phi) is 3.92. The zero-order chi connectivity index (χ0) is 15.4. The molecule has 0 spiro atoms. The first-order chi connectivity index (χ1) is 10.7. The van der Waals surface area contributed by atoms with Crippen LogP contribution in [0.5, 0.6) is 0 Å². The van der Waals surface area contributed by atoms with Crippen LogP contribution < -0.4 is 11.5 Å². The topological polar surface area (TPSA) is 52.0 Å². The van der Waals surface area contributed by atoms with Crippen LogP contribution in [-0.2, 0) is 0 Å². The second-order valence-electron chi connectivity index (χ2n) is 5.18. The van der Waals surface area contributed by atoms with E-state index in [0.29, 0.717) is 11.4 Å². The zero-order valence-corrected chi connectivity index (χ0v) is 12.2. The minimum absolute atomic E-state index is 0.674. The lowest BCUT2D eigenvalue weighted by Crippen LogP contribution is -1.96. The van der Waals surface area contributed by atoms with Crippen LogP contribution in [0.15, 0.2) is 72.8 Å². The number of hydrogen-bond donors (Lipinski definition) is 2. The summed E-state index contributed by atoms with van der Waals surface area (Å²) in [5.41, 5.74) is 17.8. The summed E-state index contributed by atoms with van der Waals surface area (Å²) >= 11 is 0. The van der Waals surface area contributed by atoms with Crippen LogP contribution in [0.25, 0.3) is 23.3 Å². The van der Waals surface area contributed by atoms with E-state index in [4.69, 9.17) is 11.5 Å². The standard InChI is InChI=1S/C20H18N2/c21-17-13-19(16-9-5-2-6-10-16)18(20(22)14-17)12-11-15-7-3-1-4-8-15/h1-14H,21-22H2. The van der Waals surface area contributed by atoms with Gasteiger partial charge >= 0.3 is 0 Å². The van der Waals surface area contributed by atoms with Crippen molar-refractivity contribution in [2.45, 2.75) is 0 Å². The highest BCUT2D eigenvalue weighted by molar-refractivity contribution is 5.88. The van der Waals surface area contributed by atoms with Gasteiger partial charge in [-0.2, -0.15) is 0 Å². The molecule has 0 radical (unpaired) electrons. The molecule has 22 heavy (non-hydrogen) atoms. The van der Waals surface area contributed by atoms with E-state index < -0.39 is 0 Å². The van der Waals surface area contributed by atoms with Gasteiger partial charge in [-0.15, -0.1) is 0 Å². The van der Waals surface area contributed by atoms with E-state index in [2.05, 4.69) is 30.3 Å². The maximum atomic E-state index is 6.19. The van der Waals surface area contributed by atoms with E-state index in [1.54, 1.807) is 6.07 Å². The summed E-state index contributed by atoms with van der Waals surface area (Å²) in [5, 5.41) is 0. The SMILES string of the molecule is Nc1cc(N)c(C=Cc2ccccc2)c(-c2ccccc2)c1. The number of nitrogens with two attached hydrogens (primary N) is 2. The van der Waals surface area contributed by atoms with Gasteiger partial charge in [0.25, 0.3) is 0 Å². The van der Waals surface area contributed by atoms with Crippen molar-refractivity contribution in [2.75, 3.05) is 11.5 Å². The molecule has 2 nitrogen and oxygen atoms in total. The molecule has 0 atom stereocenters. The van der Waals surface area contributed by atoms with E-state index in [-0.39, 0.29) is 0 Å².